The molecule has 7 heteroatoms. The van der Waals surface area contributed by atoms with Gasteiger partial charge in [-0.15, -0.1) is 21.5 Å². The normalized spacial score (nSPS) is 19.1. The summed E-state index contributed by atoms with van der Waals surface area (Å²) in [6.45, 7) is 6.28. The number of aryl methyl sites for hydroxylation is 2. The van der Waals surface area contributed by atoms with Crippen LogP contribution in [0.4, 0.5) is 0 Å². The molecule has 0 radical (unpaired) electrons. The molecule has 1 unspecified atom stereocenters. The second-order valence-corrected chi connectivity index (χ2v) is 7.70. The van der Waals surface area contributed by atoms with Crippen molar-refractivity contribution in [3.63, 3.8) is 0 Å². The fraction of sp³-hybridized carbons (Fsp3) is 0.643. The topological polar surface area (TPSA) is 55.6 Å². The van der Waals surface area contributed by atoms with E-state index in [1.807, 2.05) is 0 Å². The highest BCUT2D eigenvalue weighted by atomic mass is 32.2. The molecule has 0 amide bonds. The van der Waals surface area contributed by atoms with Gasteiger partial charge < -0.3 is 9.88 Å². The summed E-state index contributed by atoms with van der Waals surface area (Å²) in [6, 6.07) is 0. The average Bonchev–Trinajstić information content (AvgIpc) is 3.00. The average molecular weight is 323 g/mol. The van der Waals surface area contributed by atoms with E-state index in [1.54, 1.807) is 23.1 Å². The fourth-order valence-electron chi connectivity index (χ4n) is 2.72. The second kappa shape index (κ2) is 6.46. The van der Waals surface area contributed by atoms with Gasteiger partial charge in [-0.3, -0.25) is 0 Å². The van der Waals surface area contributed by atoms with Gasteiger partial charge in [-0.1, -0.05) is 11.8 Å². The molecule has 1 N–H and O–H groups in total. The van der Waals surface area contributed by atoms with Crippen LogP contribution >= 0.6 is 23.1 Å². The zero-order valence-electron chi connectivity index (χ0n) is 12.7. The molecule has 1 aliphatic heterocycles. The van der Waals surface area contributed by atoms with Crippen LogP contribution in [0.1, 0.15) is 40.2 Å². The van der Waals surface area contributed by atoms with Gasteiger partial charge in [0.25, 0.3) is 0 Å². The first kappa shape index (κ1) is 15.0. The summed E-state index contributed by atoms with van der Waals surface area (Å²) >= 11 is 3.53. The lowest BCUT2D eigenvalue weighted by atomic mass is 9.99. The maximum Gasteiger partial charge on any atom is 0.191 e. The Morgan fingerprint density at radius 2 is 2.24 bits per heavy atom. The third kappa shape index (κ3) is 3.30. The largest absolute Gasteiger partial charge is 0.316 e. The van der Waals surface area contributed by atoms with Gasteiger partial charge in [-0.2, -0.15) is 0 Å². The fourth-order valence-corrected chi connectivity index (χ4v) is 4.72. The number of nitrogens with zero attached hydrogens (tertiary/aromatic N) is 4. The molecule has 114 valence electrons. The Morgan fingerprint density at radius 1 is 1.38 bits per heavy atom. The predicted octanol–water partition coefficient (Wildman–Crippen LogP) is 2.65. The predicted molar refractivity (Wildman–Crippen MR) is 87.0 cm³/mol. The van der Waals surface area contributed by atoms with Crippen LogP contribution in [0.25, 0.3) is 0 Å². The van der Waals surface area contributed by atoms with Crippen molar-refractivity contribution in [3.8, 4) is 0 Å². The van der Waals surface area contributed by atoms with Crippen molar-refractivity contribution in [2.24, 2.45) is 7.05 Å². The van der Waals surface area contributed by atoms with E-state index in [1.165, 1.54) is 17.7 Å². The summed E-state index contributed by atoms with van der Waals surface area (Å²) < 4.78 is 2.16. The van der Waals surface area contributed by atoms with Crippen LogP contribution < -0.4 is 5.32 Å². The number of hydrogen-bond donors (Lipinski definition) is 1. The lowest BCUT2D eigenvalue weighted by Crippen LogP contribution is -2.29. The first-order chi connectivity index (χ1) is 10.1. The van der Waals surface area contributed by atoms with Gasteiger partial charge in [0.2, 0.25) is 0 Å². The van der Waals surface area contributed by atoms with Gasteiger partial charge >= 0.3 is 0 Å². The van der Waals surface area contributed by atoms with E-state index in [2.05, 4.69) is 46.0 Å². The molecule has 2 aromatic heterocycles. The van der Waals surface area contributed by atoms with Crippen LogP contribution in [0.3, 0.4) is 0 Å². The second-order valence-electron chi connectivity index (χ2n) is 5.47. The molecule has 5 nitrogen and oxygen atoms in total. The number of nitrogens with one attached hydrogen (secondary N) is 1. The van der Waals surface area contributed by atoms with Crippen LogP contribution in [-0.2, 0) is 12.8 Å². The van der Waals surface area contributed by atoms with Crippen molar-refractivity contribution in [2.45, 2.75) is 43.5 Å². The van der Waals surface area contributed by atoms with Crippen LogP contribution in [-0.4, -0.2) is 32.8 Å². The molecule has 1 fully saturated rings. The minimum absolute atomic E-state index is 0.498. The summed E-state index contributed by atoms with van der Waals surface area (Å²) in [5.41, 5.74) is 1.14. The van der Waals surface area contributed by atoms with Crippen molar-refractivity contribution in [1.82, 2.24) is 25.1 Å². The van der Waals surface area contributed by atoms with Crippen LogP contribution in [0, 0.1) is 13.8 Å². The number of hydrogen-bond acceptors (Lipinski definition) is 6. The first-order valence-corrected chi connectivity index (χ1v) is 9.11. The minimum Gasteiger partial charge on any atom is -0.316 e. The Morgan fingerprint density at radius 3 is 2.90 bits per heavy atom. The number of aromatic nitrogens is 4. The molecule has 3 rings (SSSR count). The molecule has 21 heavy (non-hydrogen) atoms. The molecular formula is C14H21N5S2. The molecule has 0 bridgehead atoms. The molecule has 1 saturated heterocycles. The third-order valence-electron chi connectivity index (χ3n) is 3.86. The van der Waals surface area contributed by atoms with Gasteiger partial charge in [0.1, 0.15) is 5.82 Å². The minimum atomic E-state index is 0.498. The lowest BCUT2D eigenvalue weighted by molar-refractivity contribution is 0.436. The SMILES string of the molecule is Cc1nc(C)c(CSc2nnc(C3CCCNC3)n2C)s1. The smallest absolute Gasteiger partial charge is 0.191 e. The summed E-state index contributed by atoms with van der Waals surface area (Å²) in [5.74, 6) is 2.53. The highest BCUT2D eigenvalue weighted by Crippen LogP contribution is 2.29. The van der Waals surface area contributed by atoms with Gasteiger partial charge in [0.15, 0.2) is 5.16 Å². The summed E-state index contributed by atoms with van der Waals surface area (Å²) in [5, 5.41) is 14.4. The van der Waals surface area contributed by atoms with Crippen molar-refractivity contribution in [3.05, 3.63) is 21.4 Å². The quantitative estimate of drug-likeness (QED) is 0.877. The number of piperidine rings is 1. The maximum absolute atomic E-state index is 4.48. The Kier molecular flexibility index (Phi) is 4.61. The Hall–Kier alpha value is -0.920. The van der Waals surface area contributed by atoms with Gasteiger partial charge in [0.05, 0.1) is 10.7 Å². The molecule has 0 saturated carbocycles. The highest BCUT2D eigenvalue weighted by molar-refractivity contribution is 7.98. The number of rotatable bonds is 4. The monoisotopic (exact) mass is 323 g/mol. The Balaban J connectivity index is 1.69. The Bertz CT molecular complexity index is 613. The standard InChI is InChI=1S/C14H21N5S2/c1-9-12(21-10(2)16-9)8-20-14-18-17-13(19(14)3)11-5-4-6-15-7-11/h11,15H,4-8H2,1-3H3. The van der Waals surface area contributed by atoms with Crippen LogP contribution in [0.2, 0.25) is 0 Å². The third-order valence-corrected chi connectivity index (χ3v) is 6.16. The van der Waals surface area contributed by atoms with Crippen molar-refractivity contribution in [1.29, 1.82) is 0 Å². The summed E-state index contributed by atoms with van der Waals surface area (Å²) in [4.78, 5) is 5.81. The molecular weight excluding hydrogens is 302 g/mol. The van der Waals surface area contributed by atoms with Crippen molar-refractivity contribution in [2.75, 3.05) is 13.1 Å². The van der Waals surface area contributed by atoms with Crippen LogP contribution in [0.15, 0.2) is 5.16 Å². The van der Waals surface area contributed by atoms with E-state index < -0.39 is 0 Å². The van der Waals surface area contributed by atoms with Gasteiger partial charge in [0, 0.05) is 30.1 Å². The summed E-state index contributed by atoms with van der Waals surface area (Å²) in [6.07, 6.45) is 2.43. The van der Waals surface area contributed by atoms with E-state index in [-0.39, 0.29) is 0 Å². The van der Waals surface area contributed by atoms with E-state index >= 15 is 0 Å². The zero-order valence-corrected chi connectivity index (χ0v) is 14.4. The molecule has 1 aliphatic rings. The highest BCUT2D eigenvalue weighted by Gasteiger charge is 2.21. The molecule has 1 atom stereocenters. The molecule has 0 spiro atoms. The maximum atomic E-state index is 4.48. The zero-order chi connectivity index (χ0) is 14.8. The van der Waals surface area contributed by atoms with E-state index in [4.69, 9.17) is 0 Å². The van der Waals surface area contributed by atoms with Gasteiger partial charge in [-0.25, -0.2) is 4.98 Å². The van der Waals surface area contributed by atoms with E-state index in [0.29, 0.717) is 5.92 Å². The molecule has 0 aromatic carbocycles. The molecule has 2 aromatic rings. The van der Waals surface area contributed by atoms with E-state index in [0.717, 1.165) is 40.5 Å². The van der Waals surface area contributed by atoms with Crippen molar-refractivity contribution < 1.29 is 0 Å². The molecule has 0 aliphatic carbocycles. The Labute approximate surface area is 133 Å². The first-order valence-electron chi connectivity index (χ1n) is 7.31. The van der Waals surface area contributed by atoms with Crippen LogP contribution in [0.5, 0.6) is 0 Å². The lowest BCUT2D eigenvalue weighted by Gasteiger charge is -2.21. The summed E-state index contributed by atoms with van der Waals surface area (Å²) in [7, 11) is 2.08. The number of thioether (sulfide) groups is 1. The van der Waals surface area contributed by atoms with Crippen molar-refractivity contribution >= 4 is 23.1 Å². The van der Waals surface area contributed by atoms with Gasteiger partial charge in [-0.05, 0) is 33.2 Å². The van der Waals surface area contributed by atoms with E-state index in [9.17, 15) is 0 Å². The molecule has 3 heterocycles. The number of thiazole rings is 1.